The molecule has 0 saturated carbocycles. The Morgan fingerprint density at radius 2 is 2.67 bits per heavy atom. The Labute approximate surface area is 41.8 Å². The highest BCUT2D eigenvalue weighted by molar-refractivity contribution is 8.02. The highest BCUT2D eigenvalue weighted by Crippen LogP contribution is 2.12. The SMILES string of the molecule is C[C@@H]1NC=CS1. The first-order valence-corrected chi connectivity index (χ1v) is 2.90. The van der Waals surface area contributed by atoms with Gasteiger partial charge in [-0.05, 0) is 12.3 Å². The van der Waals surface area contributed by atoms with Gasteiger partial charge in [0, 0.05) is 6.20 Å². The summed E-state index contributed by atoms with van der Waals surface area (Å²) >= 11 is 1.81. The fourth-order valence-electron chi connectivity index (χ4n) is 0.371. The Balaban J connectivity index is 2.32. The maximum Gasteiger partial charge on any atom is 0.0730 e. The van der Waals surface area contributed by atoms with Crippen molar-refractivity contribution in [1.29, 1.82) is 0 Å². The van der Waals surface area contributed by atoms with E-state index in [1.54, 1.807) is 11.8 Å². The van der Waals surface area contributed by atoms with Gasteiger partial charge in [0.05, 0.1) is 5.37 Å². The molecule has 0 bridgehead atoms. The van der Waals surface area contributed by atoms with Crippen LogP contribution in [0.4, 0.5) is 0 Å². The second kappa shape index (κ2) is 1.56. The van der Waals surface area contributed by atoms with Crippen molar-refractivity contribution in [2.24, 2.45) is 0 Å². The van der Waals surface area contributed by atoms with Crippen LogP contribution in [0.25, 0.3) is 0 Å². The second-order valence-electron chi connectivity index (χ2n) is 1.25. The van der Waals surface area contributed by atoms with Crippen LogP contribution >= 0.6 is 11.8 Å². The summed E-state index contributed by atoms with van der Waals surface area (Å²) in [6, 6.07) is 0. The monoisotopic (exact) mass is 101 g/mol. The Hall–Kier alpha value is -0.110. The molecule has 6 heavy (non-hydrogen) atoms. The van der Waals surface area contributed by atoms with Gasteiger partial charge in [0.2, 0.25) is 0 Å². The Kier molecular flexibility index (Phi) is 1.05. The molecule has 0 aromatic heterocycles. The molecule has 1 atom stereocenters. The van der Waals surface area contributed by atoms with Gasteiger partial charge in [-0.3, -0.25) is 0 Å². The van der Waals surface area contributed by atoms with Crippen LogP contribution in [0.1, 0.15) is 6.92 Å². The summed E-state index contributed by atoms with van der Waals surface area (Å²) in [5, 5.41) is 5.76. The third kappa shape index (κ3) is 0.684. The van der Waals surface area contributed by atoms with Gasteiger partial charge in [-0.2, -0.15) is 0 Å². The standard InChI is InChI=1S/C4H7NS/c1-4-5-2-3-6-4/h2-5H,1H3/t4-/m1/s1. The highest BCUT2D eigenvalue weighted by atomic mass is 32.2. The lowest BCUT2D eigenvalue weighted by Crippen LogP contribution is -2.09. The predicted octanol–water partition coefficient (Wildman–Crippen LogP) is 1.14. The first kappa shape index (κ1) is 4.06. The molecule has 0 spiro atoms. The predicted molar refractivity (Wildman–Crippen MR) is 29.3 cm³/mol. The summed E-state index contributed by atoms with van der Waals surface area (Å²) in [6.45, 7) is 2.13. The maximum atomic E-state index is 3.10. The minimum atomic E-state index is 0.602. The number of thioether (sulfide) groups is 1. The molecule has 0 aliphatic carbocycles. The van der Waals surface area contributed by atoms with Crippen LogP contribution in [-0.4, -0.2) is 5.37 Å². The van der Waals surface area contributed by atoms with Crippen LogP contribution in [0.2, 0.25) is 0 Å². The zero-order valence-corrected chi connectivity index (χ0v) is 4.46. The summed E-state index contributed by atoms with van der Waals surface area (Å²) in [5.74, 6) is 0. The van der Waals surface area contributed by atoms with Crippen LogP contribution < -0.4 is 5.32 Å². The first-order chi connectivity index (χ1) is 2.89. The zero-order chi connectivity index (χ0) is 4.41. The number of rotatable bonds is 0. The molecule has 1 rings (SSSR count). The van der Waals surface area contributed by atoms with Crippen LogP contribution in [0.3, 0.4) is 0 Å². The van der Waals surface area contributed by atoms with Gasteiger partial charge in [-0.15, -0.1) is 11.8 Å². The Morgan fingerprint density at radius 1 is 1.83 bits per heavy atom. The molecular weight excluding hydrogens is 94.1 g/mol. The molecule has 0 amide bonds. The quantitative estimate of drug-likeness (QED) is 0.491. The molecule has 1 aliphatic rings. The number of hydrogen-bond donors (Lipinski definition) is 1. The average Bonchev–Trinajstić information content (AvgIpc) is 1.86. The van der Waals surface area contributed by atoms with E-state index in [2.05, 4.69) is 17.6 Å². The van der Waals surface area contributed by atoms with Crippen LogP contribution in [0.5, 0.6) is 0 Å². The van der Waals surface area contributed by atoms with Gasteiger partial charge < -0.3 is 5.32 Å². The van der Waals surface area contributed by atoms with E-state index in [1.165, 1.54) is 0 Å². The highest BCUT2D eigenvalue weighted by Gasteiger charge is 1.98. The fourth-order valence-corrected chi connectivity index (χ4v) is 0.921. The van der Waals surface area contributed by atoms with Crippen molar-refractivity contribution in [1.82, 2.24) is 5.32 Å². The van der Waals surface area contributed by atoms with Gasteiger partial charge in [-0.1, -0.05) is 0 Å². The summed E-state index contributed by atoms with van der Waals surface area (Å²) in [4.78, 5) is 0. The van der Waals surface area contributed by atoms with Gasteiger partial charge in [0.25, 0.3) is 0 Å². The maximum absolute atomic E-state index is 3.10. The Morgan fingerprint density at radius 3 is 2.83 bits per heavy atom. The van der Waals surface area contributed by atoms with Gasteiger partial charge in [0.1, 0.15) is 0 Å². The molecule has 2 heteroatoms. The van der Waals surface area contributed by atoms with E-state index in [-0.39, 0.29) is 0 Å². The molecule has 0 radical (unpaired) electrons. The fraction of sp³-hybridized carbons (Fsp3) is 0.500. The number of hydrogen-bond acceptors (Lipinski definition) is 2. The summed E-state index contributed by atoms with van der Waals surface area (Å²) in [7, 11) is 0. The van der Waals surface area contributed by atoms with Crippen molar-refractivity contribution in [3.05, 3.63) is 11.6 Å². The molecule has 1 aliphatic heterocycles. The molecule has 1 heterocycles. The normalized spacial score (nSPS) is 30.5. The van der Waals surface area contributed by atoms with E-state index >= 15 is 0 Å². The average molecular weight is 101 g/mol. The van der Waals surface area contributed by atoms with E-state index in [0.29, 0.717) is 5.37 Å². The minimum Gasteiger partial charge on any atom is -0.379 e. The largest absolute Gasteiger partial charge is 0.379 e. The molecule has 0 unspecified atom stereocenters. The van der Waals surface area contributed by atoms with E-state index < -0.39 is 0 Å². The topological polar surface area (TPSA) is 12.0 Å². The lowest BCUT2D eigenvalue weighted by Gasteiger charge is -1.96. The lowest BCUT2D eigenvalue weighted by molar-refractivity contribution is 0.874. The van der Waals surface area contributed by atoms with Gasteiger partial charge in [-0.25, -0.2) is 0 Å². The third-order valence-corrected chi connectivity index (χ3v) is 1.52. The molecule has 34 valence electrons. The van der Waals surface area contributed by atoms with Crippen molar-refractivity contribution in [2.45, 2.75) is 12.3 Å². The summed E-state index contributed by atoms with van der Waals surface area (Å²) in [5.41, 5.74) is 0. The second-order valence-corrected chi connectivity index (χ2v) is 2.50. The molecule has 0 aromatic carbocycles. The smallest absolute Gasteiger partial charge is 0.0730 e. The van der Waals surface area contributed by atoms with Crippen molar-refractivity contribution in [3.63, 3.8) is 0 Å². The molecule has 0 aromatic rings. The van der Waals surface area contributed by atoms with Crippen LogP contribution in [0.15, 0.2) is 11.6 Å². The summed E-state index contributed by atoms with van der Waals surface area (Å²) in [6.07, 6.45) is 1.97. The van der Waals surface area contributed by atoms with Crippen molar-refractivity contribution in [3.8, 4) is 0 Å². The van der Waals surface area contributed by atoms with Crippen molar-refractivity contribution < 1.29 is 0 Å². The van der Waals surface area contributed by atoms with Gasteiger partial charge in [0.15, 0.2) is 0 Å². The molecule has 1 N–H and O–H groups in total. The number of nitrogens with one attached hydrogen (secondary N) is 1. The lowest BCUT2D eigenvalue weighted by atomic mass is 10.7. The van der Waals surface area contributed by atoms with Crippen LogP contribution in [-0.2, 0) is 0 Å². The molecule has 0 fully saturated rings. The van der Waals surface area contributed by atoms with E-state index in [0.717, 1.165) is 0 Å². The Bertz CT molecular complexity index is 61.9. The third-order valence-electron chi connectivity index (χ3n) is 0.682. The van der Waals surface area contributed by atoms with E-state index in [4.69, 9.17) is 0 Å². The first-order valence-electron chi connectivity index (χ1n) is 1.96. The molecular formula is C4H7NS. The van der Waals surface area contributed by atoms with E-state index in [9.17, 15) is 0 Å². The minimum absolute atomic E-state index is 0.602. The summed E-state index contributed by atoms with van der Waals surface area (Å²) < 4.78 is 0. The zero-order valence-electron chi connectivity index (χ0n) is 3.64. The van der Waals surface area contributed by atoms with Crippen LogP contribution in [0, 0.1) is 0 Å². The van der Waals surface area contributed by atoms with Crippen molar-refractivity contribution >= 4 is 11.8 Å². The van der Waals surface area contributed by atoms with Gasteiger partial charge >= 0.3 is 0 Å². The van der Waals surface area contributed by atoms with E-state index in [1.807, 2.05) is 6.20 Å². The van der Waals surface area contributed by atoms with Crippen molar-refractivity contribution in [2.75, 3.05) is 0 Å². The molecule has 1 nitrogen and oxygen atoms in total. The molecule has 0 saturated heterocycles.